The molecular weight excluding hydrogens is 236 g/mol. The molecular formula is C11H20N4O3. The second-order valence-corrected chi connectivity index (χ2v) is 4.64. The zero-order chi connectivity index (χ0) is 13.9. The Morgan fingerprint density at radius 1 is 1.56 bits per heavy atom. The van der Waals surface area contributed by atoms with E-state index in [0.29, 0.717) is 24.4 Å². The van der Waals surface area contributed by atoms with Gasteiger partial charge in [0.2, 0.25) is 0 Å². The summed E-state index contributed by atoms with van der Waals surface area (Å²) in [6, 6.07) is -0.274. The number of hydrogen-bond donors (Lipinski definition) is 1. The third kappa shape index (κ3) is 3.05. The topological polar surface area (TPSA) is 96.2 Å². The number of nitrogens with two attached hydrogens (primary N) is 1. The first kappa shape index (κ1) is 14.6. The minimum absolute atomic E-state index is 0.00370. The second-order valence-electron chi connectivity index (χ2n) is 4.64. The average molecular weight is 256 g/mol. The van der Waals surface area contributed by atoms with Crippen molar-refractivity contribution >= 4 is 5.69 Å². The van der Waals surface area contributed by atoms with E-state index in [1.165, 1.54) is 0 Å². The molecule has 0 radical (unpaired) electrons. The summed E-state index contributed by atoms with van der Waals surface area (Å²) in [5, 5.41) is 15.4. The Labute approximate surface area is 106 Å². The quantitative estimate of drug-likeness (QED) is 0.604. The molecule has 1 aromatic heterocycles. The summed E-state index contributed by atoms with van der Waals surface area (Å²) in [4.78, 5) is 10.8. The van der Waals surface area contributed by atoms with Crippen molar-refractivity contribution in [3.8, 4) is 0 Å². The number of nitro groups is 1. The van der Waals surface area contributed by atoms with E-state index in [1.807, 2.05) is 13.8 Å². The smallest absolute Gasteiger partial charge is 0.313 e. The number of methoxy groups -OCH3 is 1. The summed E-state index contributed by atoms with van der Waals surface area (Å²) in [6.07, 6.45) is 0.375. The highest BCUT2D eigenvalue weighted by Gasteiger charge is 2.28. The third-order valence-corrected chi connectivity index (χ3v) is 2.73. The van der Waals surface area contributed by atoms with Gasteiger partial charge in [-0.2, -0.15) is 5.10 Å². The van der Waals surface area contributed by atoms with Gasteiger partial charge in [-0.25, -0.2) is 0 Å². The van der Waals surface area contributed by atoms with Crippen LogP contribution in [0.25, 0.3) is 0 Å². The maximum Gasteiger partial charge on any atom is 0.313 e. The summed E-state index contributed by atoms with van der Waals surface area (Å²) >= 11 is 0. The molecule has 2 N–H and O–H groups in total. The summed E-state index contributed by atoms with van der Waals surface area (Å²) in [5.74, 6) is 0.00370. The Bertz CT molecular complexity index is 428. The van der Waals surface area contributed by atoms with Crippen molar-refractivity contribution < 1.29 is 9.66 Å². The lowest BCUT2D eigenvalue weighted by Crippen LogP contribution is -2.29. The van der Waals surface area contributed by atoms with Crippen LogP contribution in [0.15, 0.2) is 0 Å². The van der Waals surface area contributed by atoms with Crippen LogP contribution in [0.5, 0.6) is 0 Å². The van der Waals surface area contributed by atoms with Crippen LogP contribution in [0.2, 0.25) is 0 Å². The molecule has 18 heavy (non-hydrogen) atoms. The molecule has 1 atom stereocenters. The van der Waals surface area contributed by atoms with Crippen molar-refractivity contribution in [3.63, 3.8) is 0 Å². The summed E-state index contributed by atoms with van der Waals surface area (Å²) in [6.45, 7) is 4.13. The fourth-order valence-corrected chi connectivity index (χ4v) is 1.91. The maximum absolute atomic E-state index is 11.2. The number of aromatic nitrogens is 2. The highest BCUT2D eigenvalue weighted by molar-refractivity contribution is 5.43. The van der Waals surface area contributed by atoms with Crippen LogP contribution in [0.3, 0.4) is 0 Å². The number of aryl methyl sites for hydroxylation is 1. The molecule has 0 spiro atoms. The molecule has 7 heteroatoms. The first-order valence-electron chi connectivity index (χ1n) is 5.83. The minimum Gasteiger partial charge on any atom is -0.383 e. The zero-order valence-electron chi connectivity index (χ0n) is 11.2. The average Bonchev–Trinajstić information content (AvgIpc) is 2.57. The molecule has 0 aliphatic carbocycles. The molecule has 0 fully saturated rings. The van der Waals surface area contributed by atoms with E-state index in [9.17, 15) is 10.1 Å². The van der Waals surface area contributed by atoms with E-state index in [1.54, 1.807) is 18.8 Å². The van der Waals surface area contributed by atoms with Gasteiger partial charge < -0.3 is 10.5 Å². The maximum atomic E-state index is 11.2. The van der Waals surface area contributed by atoms with Crippen molar-refractivity contribution in [2.45, 2.75) is 32.2 Å². The summed E-state index contributed by atoms with van der Waals surface area (Å²) < 4.78 is 6.49. The van der Waals surface area contributed by atoms with Gasteiger partial charge in [0.15, 0.2) is 0 Å². The largest absolute Gasteiger partial charge is 0.383 e. The van der Waals surface area contributed by atoms with Gasteiger partial charge in [-0.05, 0) is 0 Å². The molecule has 1 rings (SSSR count). The highest BCUT2D eigenvalue weighted by atomic mass is 16.6. The summed E-state index contributed by atoms with van der Waals surface area (Å²) in [7, 11) is 3.25. The first-order chi connectivity index (χ1) is 8.38. The van der Waals surface area contributed by atoms with Crippen molar-refractivity contribution in [3.05, 3.63) is 21.5 Å². The van der Waals surface area contributed by atoms with E-state index >= 15 is 0 Å². The van der Waals surface area contributed by atoms with Gasteiger partial charge in [0, 0.05) is 32.5 Å². The molecule has 7 nitrogen and oxygen atoms in total. The normalized spacial score (nSPS) is 13.0. The van der Waals surface area contributed by atoms with E-state index in [0.717, 1.165) is 0 Å². The summed E-state index contributed by atoms with van der Waals surface area (Å²) in [5.41, 5.74) is 6.98. The number of rotatable bonds is 6. The highest BCUT2D eigenvalue weighted by Crippen LogP contribution is 2.29. The molecule has 1 unspecified atom stereocenters. The van der Waals surface area contributed by atoms with Gasteiger partial charge in [0.25, 0.3) is 0 Å². The Morgan fingerprint density at radius 3 is 2.61 bits per heavy atom. The fourth-order valence-electron chi connectivity index (χ4n) is 1.91. The fraction of sp³-hybridized carbons (Fsp3) is 0.727. The van der Waals surface area contributed by atoms with E-state index in [2.05, 4.69) is 5.10 Å². The lowest BCUT2D eigenvalue weighted by molar-refractivity contribution is -0.386. The molecule has 0 saturated heterocycles. The van der Waals surface area contributed by atoms with Crippen molar-refractivity contribution in [1.29, 1.82) is 0 Å². The Hall–Kier alpha value is -1.47. The number of hydrogen-bond acceptors (Lipinski definition) is 5. The molecule has 0 aliphatic rings. The molecule has 0 aromatic carbocycles. The Kier molecular flexibility index (Phi) is 4.80. The van der Waals surface area contributed by atoms with Gasteiger partial charge >= 0.3 is 5.69 Å². The Morgan fingerprint density at radius 2 is 2.17 bits per heavy atom. The van der Waals surface area contributed by atoms with Crippen molar-refractivity contribution in [2.24, 2.45) is 12.8 Å². The predicted octanol–water partition coefficient (Wildman–Crippen LogP) is 0.968. The molecule has 0 saturated carbocycles. The Balaban J connectivity index is 3.13. The lowest BCUT2D eigenvalue weighted by Gasteiger charge is -2.09. The van der Waals surface area contributed by atoms with E-state index < -0.39 is 0 Å². The molecule has 0 aliphatic heterocycles. The standard InChI is InChI=1S/C11H20N4O3/c1-7(2)10-11(15(16)17)9(14(3)13-10)5-8(12)6-18-4/h7-8H,5-6,12H2,1-4H3. The molecule has 0 amide bonds. The van der Waals surface area contributed by atoms with Gasteiger partial charge in [-0.3, -0.25) is 14.8 Å². The minimum atomic E-state index is -0.378. The van der Waals surface area contributed by atoms with Gasteiger partial charge in [-0.15, -0.1) is 0 Å². The van der Waals surface area contributed by atoms with Crippen LogP contribution < -0.4 is 5.73 Å². The van der Waals surface area contributed by atoms with Crippen LogP contribution in [0, 0.1) is 10.1 Å². The van der Waals surface area contributed by atoms with Crippen molar-refractivity contribution in [2.75, 3.05) is 13.7 Å². The van der Waals surface area contributed by atoms with Gasteiger partial charge in [0.05, 0.1) is 11.5 Å². The van der Waals surface area contributed by atoms with E-state index in [4.69, 9.17) is 10.5 Å². The SMILES string of the molecule is COCC(N)Cc1c([N+](=O)[O-])c(C(C)C)nn1C. The van der Waals surface area contributed by atoms with E-state index in [-0.39, 0.29) is 22.6 Å². The molecule has 102 valence electrons. The molecule has 0 bridgehead atoms. The van der Waals surface area contributed by atoms with Crippen LogP contribution in [0.1, 0.15) is 31.2 Å². The monoisotopic (exact) mass is 256 g/mol. The zero-order valence-corrected chi connectivity index (χ0v) is 11.2. The first-order valence-corrected chi connectivity index (χ1v) is 5.83. The van der Waals surface area contributed by atoms with Gasteiger partial charge in [0.1, 0.15) is 11.4 Å². The van der Waals surface area contributed by atoms with Crippen LogP contribution in [0.4, 0.5) is 5.69 Å². The van der Waals surface area contributed by atoms with Crippen LogP contribution in [-0.4, -0.2) is 34.5 Å². The lowest BCUT2D eigenvalue weighted by atomic mass is 10.1. The number of nitrogens with zero attached hydrogens (tertiary/aromatic N) is 3. The third-order valence-electron chi connectivity index (χ3n) is 2.73. The van der Waals surface area contributed by atoms with Crippen LogP contribution >= 0.6 is 0 Å². The second kappa shape index (κ2) is 5.92. The number of ether oxygens (including phenoxy) is 1. The van der Waals surface area contributed by atoms with Crippen LogP contribution in [-0.2, 0) is 18.2 Å². The predicted molar refractivity (Wildman–Crippen MR) is 67.5 cm³/mol. The molecule has 1 aromatic rings. The molecule has 1 heterocycles. The van der Waals surface area contributed by atoms with Crippen molar-refractivity contribution in [1.82, 2.24) is 9.78 Å². The van der Waals surface area contributed by atoms with Gasteiger partial charge in [-0.1, -0.05) is 13.8 Å².